The summed E-state index contributed by atoms with van der Waals surface area (Å²) >= 11 is 6.61. The Bertz CT molecular complexity index is 1500. The number of halogens is 2. The fourth-order valence-corrected chi connectivity index (χ4v) is 4.50. The first-order valence-corrected chi connectivity index (χ1v) is 10.5. The molecule has 5 rings (SSSR count). The predicted molar refractivity (Wildman–Crippen MR) is 124 cm³/mol. The lowest BCUT2D eigenvalue weighted by atomic mass is 9.95. The fourth-order valence-electron chi connectivity index (χ4n) is 4.29. The SMILES string of the molecule is CC(C)c1c(-c2cc(C(=O)O)ccc2Cl)c2cc3[nH]ncc3cc2n1-c1ccc(F)cc1. The lowest BCUT2D eigenvalue weighted by molar-refractivity contribution is 0.0697. The summed E-state index contributed by atoms with van der Waals surface area (Å²) < 4.78 is 15.8. The van der Waals surface area contributed by atoms with Gasteiger partial charge in [0.1, 0.15) is 5.82 Å². The number of fused-ring (bicyclic) bond motifs is 2. The first-order chi connectivity index (χ1) is 15.3. The average Bonchev–Trinajstić information content (AvgIpc) is 3.34. The van der Waals surface area contributed by atoms with E-state index in [1.54, 1.807) is 30.5 Å². The molecule has 0 aliphatic carbocycles. The Morgan fingerprint density at radius 3 is 2.56 bits per heavy atom. The number of nitrogens with one attached hydrogen (secondary N) is 1. The molecule has 5 nitrogen and oxygen atoms in total. The zero-order valence-corrected chi connectivity index (χ0v) is 18.1. The van der Waals surface area contributed by atoms with E-state index in [1.165, 1.54) is 18.2 Å². The number of aromatic carboxylic acids is 1. The second kappa shape index (κ2) is 7.50. The van der Waals surface area contributed by atoms with Crippen molar-refractivity contribution in [1.82, 2.24) is 14.8 Å². The van der Waals surface area contributed by atoms with Crippen molar-refractivity contribution in [2.24, 2.45) is 0 Å². The quantitative estimate of drug-likeness (QED) is 0.318. The van der Waals surface area contributed by atoms with Crippen molar-refractivity contribution in [1.29, 1.82) is 0 Å². The van der Waals surface area contributed by atoms with Crippen LogP contribution in [0.5, 0.6) is 0 Å². The first kappa shape index (κ1) is 20.3. The number of aromatic nitrogens is 3. The van der Waals surface area contributed by atoms with Crippen LogP contribution in [0, 0.1) is 5.82 Å². The number of rotatable bonds is 4. The molecule has 7 heteroatoms. The maximum atomic E-state index is 13.7. The summed E-state index contributed by atoms with van der Waals surface area (Å²) in [6.45, 7) is 4.14. The van der Waals surface area contributed by atoms with E-state index in [0.29, 0.717) is 10.6 Å². The lowest BCUT2D eigenvalue weighted by Crippen LogP contribution is -2.04. The number of hydrogen-bond donors (Lipinski definition) is 2. The molecule has 0 spiro atoms. The van der Waals surface area contributed by atoms with Crippen LogP contribution in [0.15, 0.2) is 60.8 Å². The normalized spacial score (nSPS) is 11.7. The molecule has 5 aromatic rings. The summed E-state index contributed by atoms with van der Waals surface area (Å²) in [5, 5.41) is 19.0. The van der Waals surface area contributed by atoms with Crippen LogP contribution >= 0.6 is 11.6 Å². The minimum atomic E-state index is -1.02. The van der Waals surface area contributed by atoms with E-state index < -0.39 is 5.97 Å². The van der Waals surface area contributed by atoms with Crippen LogP contribution in [0.3, 0.4) is 0 Å². The van der Waals surface area contributed by atoms with Crippen molar-refractivity contribution in [3.8, 4) is 16.8 Å². The van der Waals surface area contributed by atoms with E-state index in [0.717, 1.165) is 38.8 Å². The molecule has 2 N–H and O–H groups in total. The fraction of sp³-hybridized carbons (Fsp3) is 0.120. The molecule has 0 saturated heterocycles. The largest absolute Gasteiger partial charge is 0.478 e. The highest BCUT2D eigenvalue weighted by Gasteiger charge is 2.25. The van der Waals surface area contributed by atoms with Crippen molar-refractivity contribution < 1.29 is 14.3 Å². The van der Waals surface area contributed by atoms with Crippen LogP contribution in [0.1, 0.15) is 35.8 Å². The standard InChI is InChI=1S/C25H19ClFN3O2/c1-13(2)24-23(18-9-14(25(31)32)3-8-20(18)26)19-11-21-15(12-28-29-21)10-22(19)30(24)17-6-4-16(27)5-7-17/h3-13H,1-2H3,(H,28,29)(H,31,32). The van der Waals surface area contributed by atoms with E-state index in [2.05, 4.69) is 28.6 Å². The molecular weight excluding hydrogens is 429 g/mol. The second-order valence-electron chi connectivity index (χ2n) is 8.05. The minimum Gasteiger partial charge on any atom is -0.478 e. The summed E-state index contributed by atoms with van der Waals surface area (Å²) in [4.78, 5) is 11.7. The molecule has 3 aromatic carbocycles. The summed E-state index contributed by atoms with van der Waals surface area (Å²) in [7, 11) is 0. The zero-order valence-electron chi connectivity index (χ0n) is 17.4. The van der Waals surface area contributed by atoms with Crippen molar-refractivity contribution in [3.05, 3.63) is 82.9 Å². The Morgan fingerprint density at radius 2 is 1.88 bits per heavy atom. The maximum Gasteiger partial charge on any atom is 0.335 e. The average molecular weight is 448 g/mol. The van der Waals surface area contributed by atoms with Gasteiger partial charge >= 0.3 is 5.97 Å². The molecule has 0 amide bonds. The van der Waals surface area contributed by atoms with E-state index in [4.69, 9.17) is 11.6 Å². The molecule has 0 radical (unpaired) electrons. The van der Waals surface area contributed by atoms with Gasteiger partial charge in [0.25, 0.3) is 0 Å². The van der Waals surface area contributed by atoms with Gasteiger partial charge in [0, 0.05) is 38.3 Å². The number of nitrogens with zero attached hydrogens (tertiary/aromatic N) is 2. The van der Waals surface area contributed by atoms with Crippen LogP contribution in [-0.2, 0) is 0 Å². The number of carboxylic acid groups (broad SMARTS) is 1. The summed E-state index contributed by atoms with van der Waals surface area (Å²) in [6.07, 6.45) is 1.75. The van der Waals surface area contributed by atoms with Gasteiger partial charge in [-0.3, -0.25) is 5.10 Å². The molecule has 32 heavy (non-hydrogen) atoms. The van der Waals surface area contributed by atoms with Gasteiger partial charge in [-0.1, -0.05) is 25.4 Å². The van der Waals surface area contributed by atoms with Crippen LogP contribution in [0.4, 0.5) is 4.39 Å². The van der Waals surface area contributed by atoms with Gasteiger partial charge in [-0.05, 0) is 60.5 Å². The molecule has 0 unspecified atom stereocenters. The molecule has 0 aliphatic heterocycles. The smallest absolute Gasteiger partial charge is 0.335 e. The van der Waals surface area contributed by atoms with E-state index >= 15 is 0 Å². The predicted octanol–water partition coefficient (Wildman–Crippen LogP) is 6.79. The molecular formula is C25H19ClFN3O2. The monoisotopic (exact) mass is 447 g/mol. The molecule has 0 aliphatic rings. The third kappa shape index (κ3) is 3.15. The Hall–Kier alpha value is -3.64. The highest BCUT2D eigenvalue weighted by atomic mass is 35.5. The van der Waals surface area contributed by atoms with Gasteiger partial charge in [0.15, 0.2) is 0 Å². The summed E-state index contributed by atoms with van der Waals surface area (Å²) in [6, 6.07) is 15.1. The third-order valence-electron chi connectivity index (χ3n) is 5.68. The van der Waals surface area contributed by atoms with Crippen LogP contribution in [0.2, 0.25) is 5.02 Å². The van der Waals surface area contributed by atoms with E-state index in [9.17, 15) is 14.3 Å². The molecule has 2 aromatic heterocycles. The topological polar surface area (TPSA) is 70.9 Å². The molecule has 0 bridgehead atoms. The van der Waals surface area contributed by atoms with Crippen LogP contribution < -0.4 is 0 Å². The third-order valence-corrected chi connectivity index (χ3v) is 6.01. The van der Waals surface area contributed by atoms with Crippen molar-refractivity contribution >= 4 is 39.4 Å². The maximum absolute atomic E-state index is 13.7. The number of hydrogen-bond acceptors (Lipinski definition) is 2. The molecule has 160 valence electrons. The van der Waals surface area contributed by atoms with Crippen LogP contribution in [-0.4, -0.2) is 25.8 Å². The summed E-state index contributed by atoms with van der Waals surface area (Å²) in [5.74, 6) is -1.28. The first-order valence-electron chi connectivity index (χ1n) is 10.2. The van der Waals surface area contributed by atoms with Gasteiger partial charge in [-0.2, -0.15) is 5.10 Å². The molecule has 0 atom stereocenters. The lowest BCUT2D eigenvalue weighted by Gasteiger charge is -2.16. The van der Waals surface area contributed by atoms with Gasteiger partial charge in [-0.15, -0.1) is 0 Å². The van der Waals surface area contributed by atoms with Gasteiger partial charge < -0.3 is 9.67 Å². The number of H-pyrrole nitrogens is 1. The number of aromatic amines is 1. The second-order valence-corrected chi connectivity index (χ2v) is 8.46. The van der Waals surface area contributed by atoms with Gasteiger partial charge in [0.2, 0.25) is 0 Å². The molecule has 0 saturated carbocycles. The van der Waals surface area contributed by atoms with Crippen molar-refractivity contribution in [2.45, 2.75) is 19.8 Å². The van der Waals surface area contributed by atoms with E-state index in [-0.39, 0.29) is 17.3 Å². The Labute approximate surface area is 188 Å². The Morgan fingerprint density at radius 1 is 1.12 bits per heavy atom. The minimum absolute atomic E-state index is 0.0588. The highest BCUT2D eigenvalue weighted by Crippen LogP contribution is 2.44. The highest BCUT2D eigenvalue weighted by molar-refractivity contribution is 6.34. The number of carboxylic acids is 1. The van der Waals surface area contributed by atoms with Gasteiger partial charge in [0.05, 0.1) is 22.8 Å². The van der Waals surface area contributed by atoms with Crippen molar-refractivity contribution in [2.75, 3.05) is 0 Å². The molecule has 0 fully saturated rings. The van der Waals surface area contributed by atoms with E-state index in [1.807, 2.05) is 12.1 Å². The van der Waals surface area contributed by atoms with Crippen LogP contribution in [0.25, 0.3) is 38.6 Å². The number of carbonyl (C=O) groups is 1. The van der Waals surface area contributed by atoms with Gasteiger partial charge in [-0.25, -0.2) is 9.18 Å². The Balaban J connectivity index is 1.97. The zero-order chi connectivity index (χ0) is 22.6. The Kier molecular flexibility index (Phi) is 4.75. The molecule has 2 heterocycles. The number of benzene rings is 3. The summed E-state index contributed by atoms with van der Waals surface area (Å²) in [5.41, 5.74) is 5.17. The van der Waals surface area contributed by atoms with Crippen molar-refractivity contribution in [3.63, 3.8) is 0 Å².